The van der Waals surface area contributed by atoms with E-state index in [4.69, 9.17) is 5.26 Å². The summed E-state index contributed by atoms with van der Waals surface area (Å²) >= 11 is 0. The lowest BCUT2D eigenvalue weighted by atomic mass is 9.83. The minimum absolute atomic E-state index is 0.168. The normalized spacial score (nSPS) is 11.9. The number of benzene rings is 1. The van der Waals surface area contributed by atoms with Gasteiger partial charge in [-0.15, -0.1) is 0 Å². The second kappa shape index (κ2) is 9.33. The molecule has 1 N–H and O–H groups in total. The minimum Gasteiger partial charge on any atom is -0.355 e. The van der Waals surface area contributed by atoms with Crippen LogP contribution in [0.2, 0.25) is 0 Å². The minimum atomic E-state index is -4.40. The van der Waals surface area contributed by atoms with E-state index in [1.807, 2.05) is 13.8 Å². The molecule has 0 aliphatic rings. The fraction of sp³-hybridized carbons (Fsp3) is 0.500. The Kier molecular flexibility index (Phi) is 7.30. The van der Waals surface area contributed by atoms with Gasteiger partial charge in [0.1, 0.15) is 0 Å². The van der Waals surface area contributed by atoms with Crippen LogP contribution >= 0.6 is 0 Å². The van der Waals surface area contributed by atoms with Crippen LogP contribution in [0.25, 0.3) is 0 Å². The number of nitriles is 1. The molecule has 0 saturated carbocycles. The van der Waals surface area contributed by atoms with Gasteiger partial charge in [0.25, 0.3) is 0 Å². The Morgan fingerprint density at radius 3 is 2.53 bits per heavy atom. The van der Waals surface area contributed by atoms with Gasteiger partial charge in [-0.05, 0) is 37.5 Å². The van der Waals surface area contributed by atoms with Crippen LogP contribution in [0.1, 0.15) is 54.8 Å². The number of nitrogens with zero attached hydrogens (tertiary/aromatic N) is 3. The van der Waals surface area contributed by atoms with Crippen LogP contribution in [-0.2, 0) is 29.4 Å². The molecule has 0 saturated heterocycles. The van der Waals surface area contributed by atoms with Crippen molar-refractivity contribution in [3.8, 4) is 6.07 Å². The molecule has 2 rings (SSSR count). The van der Waals surface area contributed by atoms with E-state index < -0.39 is 17.2 Å². The molecule has 0 aliphatic heterocycles. The summed E-state index contributed by atoms with van der Waals surface area (Å²) in [6.45, 7) is 8.14. The van der Waals surface area contributed by atoms with Gasteiger partial charge < -0.3 is 5.32 Å². The molecule has 0 atom stereocenters. The molecule has 0 fully saturated rings. The zero-order valence-electron chi connectivity index (χ0n) is 17.7. The number of carbonyl (C=O) groups excluding carboxylic acids is 1. The maximum Gasteiger partial charge on any atom is 0.416 e. The number of rotatable bonds is 8. The molecule has 0 radical (unpaired) electrons. The summed E-state index contributed by atoms with van der Waals surface area (Å²) in [4.78, 5) is 12.4. The van der Waals surface area contributed by atoms with Crippen LogP contribution in [0.15, 0.2) is 24.3 Å². The number of halogens is 3. The monoisotopic (exact) mass is 420 g/mol. The van der Waals surface area contributed by atoms with E-state index in [1.165, 1.54) is 6.07 Å². The highest BCUT2D eigenvalue weighted by Gasteiger charge is 2.32. The van der Waals surface area contributed by atoms with E-state index in [-0.39, 0.29) is 18.9 Å². The van der Waals surface area contributed by atoms with E-state index in [2.05, 4.69) is 16.5 Å². The predicted molar refractivity (Wildman–Crippen MR) is 108 cm³/mol. The maximum atomic E-state index is 13.0. The van der Waals surface area contributed by atoms with Crippen LogP contribution in [0.5, 0.6) is 0 Å². The Morgan fingerprint density at radius 1 is 1.23 bits per heavy atom. The second-order valence-corrected chi connectivity index (χ2v) is 8.02. The molecule has 5 nitrogen and oxygen atoms in total. The van der Waals surface area contributed by atoms with Crippen LogP contribution in [0.4, 0.5) is 13.2 Å². The molecule has 0 bridgehead atoms. The fourth-order valence-corrected chi connectivity index (χ4v) is 3.33. The van der Waals surface area contributed by atoms with Gasteiger partial charge in [-0.1, -0.05) is 32.0 Å². The van der Waals surface area contributed by atoms with Crippen molar-refractivity contribution < 1.29 is 18.0 Å². The van der Waals surface area contributed by atoms with E-state index in [0.29, 0.717) is 24.9 Å². The van der Waals surface area contributed by atoms with Crippen molar-refractivity contribution in [1.82, 2.24) is 15.1 Å². The van der Waals surface area contributed by atoms with Crippen molar-refractivity contribution in [3.63, 3.8) is 0 Å². The zero-order chi connectivity index (χ0) is 22.5. The Bertz CT molecular complexity index is 939. The Morgan fingerprint density at radius 2 is 1.90 bits per heavy atom. The molecule has 30 heavy (non-hydrogen) atoms. The van der Waals surface area contributed by atoms with Crippen molar-refractivity contribution in [2.75, 3.05) is 6.54 Å². The smallest absolute Gasteiger partial charge is 0.355 e. The molecular formula is C22H27F3N4O. The van der Waals surface area contributed by atoms with Gasteiger partial charge in [-0.25, -0.2) is 0 Å². The first-order valence-corrected chi connectivity index (χ1v) is 9.80. The van der Waals surface area contributed by atoms with Crippen LogP contribution < -0.4 is 5.32 Å². The summed E-state index contributed by atoms with van der Waals surface area (Å²) < 4.78 is 40.7. The zero-order valence-corrected chi connectivity index (χ0v) is 17.7. The van der Waals surface area contributed by atoms with Crippen LogP contribution in [0.3, 0.4) is 0 Å². The van der Waals surface area contributed by atoms with Gasteiger partial charge in [0.05, 0.1) is 30.3 Å². The van der Waals surface area contributed by atoms with Gasteiger partial charge in [0.2, 0.25) is 5.91 Å². The maximum absolute atomic E-state index is 13.0. The summed E-state index contributed by atoms with van der Waals surface area (Å²) in [6, 6.07) is 7.29. The van der Waals surface area contributed by atoms with Crippen molar-refractivity contribution in [1.29, 1.82) is 5.26 Å². The summed E-state index contributed by atoms with van der Waals surface area (Å²) in [6.07, 6.45) is -3.26. The first kappa shape index (κ1) is 23.5. The average Bonchev–Trinajstić information content (AvgIpc) is 2.95. The number of aryl methyl sites for hydroxylation is 2. The van der Waals surface area contributed by atoms with Crippen LogP contribution in [-0.4, -0.2) is 22.2 Å². The molecule has 1 aromatic carbocycles. The molecule has 162 valence electrons. The molecule has 2 aromatic rings. The van der Waals surface area contributed by atoms with Gasteiger partial charge in [-0.2, -0.15) is 23.5 Å². The summed E-state index contributed by atoms with van der Waals surface area (Å²) in [5, 5.41) is 16.0. The Labute approximate surface area is 174 Å². The average molecular weight is 420 g/mol. The Balaban J connectivity index is 1.96. The third kappa shape index (κ3) is 5.85. The molecule has 0 spiro atoms. The fourth-order valence-electron chi connectivity index (χ4n) is 3.33. The number of carbonyl (C=O) groups is 1. The number of amides is 1. The highest BCUT2D eigenvalue weighted by Crippen LogP contribution is 2.32. The molecule has 1 aromatic heterocycles. The first-order chi connectivity index (χ1) is 14.0. The Hall–Kier alpha value is -2.82. The number of alkyl halides is 3. The van der Waals surface area contributed by atoms with Crippen molar-refractivity contribution in [3.05, 3.63) is 52.3 Å². The van der Waals surface area contributed by atoms with Gasteiger partial charge in [0, 0.05) is 24.1 Å². The van der Waals surface area contributed by atoms with Gasteiger partial charge in [-0.3, -0.25) is 9.48 Å². The highest BCUT2D eigenvalue weighted by atomic mass is 19.4. The highest BCUT2D eigenvalue weighted by molar-refractivity contribution is 5.76. The third-order valence-corrected chi connectivity index (χ3v) is 5.27. The number of aromatic nitrogens is 2. The molecule has 1 amide bonds. The van der Waals surface area contributed by atoms with Gasteiger partial charge in [0.15, 0.2) is 0 Å². The standard InChI is InChI=1S/C22H27F3N4O/c1-15-19(16(2)29(28-15)12-6-11-26)9-10-20(30)27-14-21(3,4)17-7-5-8-18(13-17)22(23,24)25/h5,7-8,13H,6,9-10,12,14H2,1-4H3,(H,27,30). The second-order valence-electron chi connectivity index (χ2n) is 8.02. The number of nitrogens with one attached hydrogen (secondary N) is 1. The van der Waals surface area contributed by atoms with Crippen molar-refractivity contribution in [2.24, 2.45) is 0 Å². The lowest BCUT2D eigenvalue weighted by Gasteiger charge is -2.26. The molecular weight excluding hydrogens is 393 g/mol. The molecule has 0 aliphatic carbocycles. The van der Waals surface area contributed by atoms with Crippen LogP contribution in [0, 0.1) is 25.2 Å². The third-order valence-electron chi connectivity index (χ3n) is 5.27. The molecule has 0 unspecified atom stereocenters. The van der Waals surface area contributed by atoms with E-state index >= 15 is 0 Å². The summed E-state index contributed by atoms with van der Waals surface area (Å²) in [5.74, 6) is -0.168. The topological polar surface area (TPSA) is 70.7 Å². The quantitative estimate of drug-likeness (QED) is 0.686. The number of hydrogen-bond donors (Lipinski definition) is 1. The van der Waals surface area contributed by atoms with E-state index in [0.717, 1.165) is 29.1 Å². The number of hydrogen-bond acceptors (Lipinski definition) is 3. The lowest BCUT2D eigenvalue weighted by Crippen LogP contribution is -2.37. The largest absolute Gasteiger partial charge is 0.416 e. The van der Waals surface area contributed by atoms with E-state index in [9.17, 15) is 18.0 Å². The molecule has 8 heteroatoms. The predicted octanol–water partition coefficient (Wildman–Crippen LogP) is 4.46. The summed E-state index contributed by atoms with van der Waals surface area (Å²) in [7, 11) is 0. The lowest BCUT2D eigenvalue weighted by molar-refractivity contribution is -0.137. The van der Waals surface area contributed by atoms with Crippen molar-refractivity contribution in [2.45, 2.75) is 65.1 Å². The van der Waals surface area contributed by atoms with Gasteiger partial charge >= 0.3 is 6.18 Å². The summed E-state index contributed by atoms with van der Waals surface area (Å²) in [5.41, 5.74) is 1.94. The van der Waals surface area contributed by atoms with E-state index in [1.54, 1.807) is 24.6 Å². The van der Waals surface area contributed by atoms with Crippen molar-refractivity contribution >= 4 is 5.91 Å². The SMILES string of the molecule is Cc1nn(CCC#N)c(C)c1CCC(=O)NCC(C)(C)c1cccc(C(F)(F)F)c1. The molecule has 1 heterocycles. The first-order valence-electron chi connectivity index (χ1n) is 9.80.